The summed E-state index contributed by atoms with van der Waals surface area (Å²) in [5.74, 6) is 0.205. The monoisotopic (exact) mass is 359 g/mol. The van der Waals surface area contributed by atoms with E-state index in [1.165, 1.54) is 5.56 Å². The predicted molar refractivity (Wildman–Crippen MR) is 109 cm³/mol. The first-order valence-electron chi connectivity index (χ1n) is 9.66. The molecule has 4 heteroatoms. The summed E-state index contributed by atoms with van der Waals surface area (Å²) in [5.41, 5.74) is 3.33. The first-order valence-corrected chi connectivity index (χ1v) is 9.66. The van der Waals surface area contributed by atoms with E-state index < -0.39 is 0 Å². The molecule has 0 bridgehead atoms. The van der Waals surface area contributed by atoms with Gasteiger partial charge in [0.2, 0.25) is 5.91 Å². The molecule has 0 atom stereocenters. The van der Waals surface area contributed by atoms with E-state index in [9.17, 15) is 4.79 Å². The molecule has 0 aliphatic carbocycles. The molecule has 1 fully saturated rings. The lowest BCUT2D eigenvalue weighted by molar-refractivity contribution is -0.132. The van der Waals surface area contributed by atoms with Crippen LogP contribution in [0.4, 0.5) is 0 Å². The van der Waals surface area contributed by atoms with Crippen LogP contribution in [0, 0.1) is 0 Å². The molecule has 4 nitrogen and oxygen atoms in total. The quantitative estimate of drug-likeness (QED) is 0.702. The van der Waals surface area contributed by atoms with Crippen molar-refractivity contribution in [3.63, 3.8) is 0 Å². The second kappa shape index (κ2) is 8.31. The maximum Gasteiger partial charge on any atom is 0.227 e. The number of hydrogen-bond acceptors (Lipinski definition) is 3. The van der Waals surface area contributed by atoms with E-state index in [1.54, 1.807) is 6.20 Å². The van der Waals surface area contributed by atoms with E-state index >= 15 is 0 Å². The van der Waals surface area contributed by atoms with E-state index in [2.05, 4.69) is 40.2 Å². The molecule has 138 valence electrons. The second-order valence-corrected chi connectivity index (χ2v) is 7.13. The SMILES string of the molecule is O=C(Cc1cccc2cccnc12)N1CCN(CCc2ccccc2)CC1. The fourth-order valence-corrected chi connectivity index (χ4v) is 3.74. The van der Waals surface area contributed by atoms with Crippen molar-refractivity contribution in [3.8, 4) is 0 Å². The van der Waals surface area contributed by atoms with Crippen LogP contribution in [0.3, 0.4) is 0 Å². The van der Waals surface area contributed by atoms with E-state index in [0.29, 0.717) is 6.42 Å². The first-order chi connectivity index (χ1) is 13.3. The molecule has 0 saturated carbocycles. The van der Waals surface area contributed by atoms with Crippen LogP contribution in [0.5, 0.6) is 0 Å². The molecule has 3 aromatic rings. The van der Waals surface area contributed by atoms with E-state index in [1.807, 2.05) is 35.2 Å². The molecular formula is C23H25N3O. The standard InChI is InChI=1S/C23H25N3O/c27-22(18-21-9-4-8-20-10-5-12-24-23(20)21)26-16-14-25(15-17-26)13-11-19-6-2-1-3-7-19/h1-10,12H,11,13-18H2. The van der Waals surface area contributed by atoms with Crippen molar-refractivity contribution in [2.45, 2.75) is 12.8 Å². The van der Waals surface area contributed by atoms with Gasteiger partial charge in [-0.25, -0.2) is 0 Å². The molecule has 0 spiro atoms. The van der Waals surface area contributed by atoms with E-state index in [-0.39, 0.29) is 5.91 Å². The minimum absolute atomic E-state index is 0.205. The van der Waals surface area contributed by atoms with Crippen molar-refractivity contribution in [3.05, 3.63) is 78.0 Å². The van der Waals surface area contributed by atoms with E-state index in [4.69, 9.17) is 0 Å². The van der Waals surface area contributed by atoms with Crippen LogP contribution in [-0.4, -0.2) is 53.4 Å². The number of hydrogen-bond donors (Lipinski definition) is 0. The number of piperazine rings is 1. The molecular weight excluding hydrogens is 334 g/mol. The van der Waals surface area contributed by atoms with Gasteiger partial charge in [-0.15, -0.1) is 0 Å². The lowest BCUT2D eigenvalue weighted by Gasteiger charge is -2.35. The molecule has 4 rings (SSSR count). The summed E-state index contributed by atoms with van der Waals surface area (Å²) in [7, 11) is 0. The van der Waals surface area contributed by atoms with Crippen LogP contribution in [-0.2, 0) is 17.6 Å². The number of amides is 1. The Bertz CT molecular complexity index is 896. The van der Waals surface area contributed by atoms with E-state index in [0.717, 1.165) is 55.6 Å². The Morgan fingerprint density at radius 3 is 2.48 bits per heavy atom. The number of pyridine rings is 1. The summed E-state index contributed by atoms with van der Waals surface area (Å²) in [6.45, 7) is 4.58. The van der Waals surface area contributed by atoms with Crippen molar-refractivity contribution >= 4 is 16.8 Å². The zero-order valence-electron chi connectivity index (χ0n) is 15.6. The molecule has 2 aromatic carbocycles. The van der Waals surface area contributed by atoms with Gasteiger partial charge in [-0.1, -0.05) is 54.6 Å². The molecule has 1 amide bonds. The van der Waals surface area contributed by atoms with Crippen LogP contribution >= 0.6 is 0 Å². The fourth-order valence-electron chi connectivity index (χ4n) is 3.74. The summed E-state index contributed by atoms with van der Waals surface area (Å²) in [4.78, 5) is 21.7. The van der Waals surface area contributed by atoms with Gasteiger partial charge in [0.1, 0.15) is 0 Å². The van der Waals surface area contributed by atoms with Crippen molar-refractivity contribution < 1.29 is 4.79 Å². The number of benzene rings is 2. The Labute approximate surface area is 160 Å². The average Bonchev–Trinajstić information content (AvgIpc) is 2.74. The van der Waals surface area contributed by atoms with Crippen LogP contribution in [0.2, 0.25) is 0 Å². The zero-order valence-corrected chi connectivity index (χ0v) is 15.6. The lowest BCUT2D eigenvalue weighted by atomic mass is 10.1. The first kappa shape index (κ1) is 17.7. The highest BCUT2D eigenvalue weighted by Crippen LogP contribution is 2.17. The number of para-hydroxylation sites is 1. The van der Waals surface area contributed by atoms with Gasteiger partial charge >= 0.3 is 0 Å². The molecule has 0 N–H and O–H groups in total. The molecule has 27 heavy (non-hydrogen) atoms. The van der Waals surface area contributed by atoms with Crippen LogP contribution in [0.15, 0.2) is 66.9 Å². The van der Waals surface area contributed by atoms with Gasteiger partial charge < -0.3 is 4.90 Å². The third-order valence-electron chi connectivity index (χ3n) is 5.34. The Morgan fingerprint density at radius 1 is 0.889 bits per heavy atom. The van der Waals surface area contributed by atoms with Gasteiger partial charge in [0, 0.05) is 44.3 Å². The largest absolute Gasteiger partial charge is 0.340 e. The van der Waals surface area contributed by atoms with Gasteiger partial charge in [0.05, 0.1) is 11.9 Å². The summed E-state index contributed by atoms with van der Waals surface area (Å²) >= 11 is 0. The van der Waals surface area contributed by atoms with Crippen molar-refractivity contribution in [1.29, 1.82) is 0 Å². The topological polar surface area (TPSA) is 36.4 Å². The maximum absolute atomic E-state index is 12.8. The van der Waals surface area contributed by atoms with Crippen LogP contribution in [0.25, 0.3) is 10.9 Å². The Balaban J connectivity index is 1.31. The molecule has 1 aromatic heterocycles. The summed E-state index contributed by atoms with van der Waals surface area (Å²) in [6.07, 6.45) is 3.29. The van der Waals surface area contributed by atoms with Crippen LogP contribution in [0.1, 0.15) is 11.1 Å². The predicted octanol–water partition coefficient (Wildman–Crippen LogP) is 3.16. The van der Waals surface area contributed by atoms with Gasteiger partial charge in [0.15, 0.2) is 0 Å². The number of carbonyl (C=O) groups excluding carboxylic acids is 1. The number of nitrogens with zero attached hydrogens (tertiary/aromatic N) is 3. The van der Waals surface area contributed by atoms with Crippen molar-refractivity contribution in [1.82, 2.24) is 14.8 Å². The average molecular weight is 359 g/mol. The third kappa shape index (κ3) is 4.34. The van der Waals surface area contributed by atoms with Gasteiger partial charge in [-0.3, -0.25) is 14.7 Å². The molecule has 1 saturated heterocycles. The number of carbonyl (C=O) groups is 1. The third-order valence-corrected chi connectivity index (χ3v) is 5.34. The zero-order chi connectivity index (χ0) is 18.5. The normalized spacial score (nSPS) is 15.2. The fraction of sp³-hybridized carbons (Fsp3) is 0.304. The van der Waals surface area contributed by atoms with Gasteiger partial charge in [0.25, 0.3) is 0 Å². The number of fused-ring (bicyclic) bond motifs is 1. The molecule has 0 radical (unpaired) electrons. The van der Waals surface area contributed by atoms with Crippen molar-refractivity contribution in [2.24, 2.45) is 0 Å². The molecule has 0 unspecified atom stereocenters. The van der Waals surface area contributed by atoms with Gasteiger partial charge in [-0.05, 0) is 23.6 Å². The second-order valence-electron chi connectivity index (χ2n) is 7.13. The highest BCUT2D eigenvalue weighted by atomic mass is 16.2. The molecule has 2 heterocycles. The number of aromatic nitrogens is 1. The van der Waals surface area contributed by atoms with Crippen molar-refractivity contribution in [2.75, 3.05) is 32.7 Å². The summed E-state index contributed by atoms with van der Waals surface area (Å²) in [6, 6.07) is 20.6. The molecule has 1 aliphatic heterocycles. The minimum atomic E-state index is 0.205. The Kier molecular flexibility index (Phi) is 5.45. The molecule has 1 aliphatic rings. The highest BCUT2D eigenvalue weighted by molar-refractivity contribution is 5.87. The minimum Gasteiger partial charge on any atom is -0.340 e. The van der Waals surface area contributed by atoms with Gasteiger partial charge in [-0.2, -0.15) is 0 Å². The maximum atomic E-state index is 12.8. The highest BCUT2D eigenvalue weighted by Gasteiger charge is 2.21. The number of rotatable bonds is 5. The lowest BCUT2D eigenvalue weighted by Crippen LogP contribution is -2.49. The Morgan fingerprint density at radius 2 is 1.67 bits per heavy atom. The Hall–Kier alpha value is -2.72. The smallest absolute Gasteiger partial charge is 0.227 e. The summed E-state index contributed by atoms with van der Waals surface area (Å²) < 4.78 is 0. The summed E-state index contributed by atoms with van der Waals surface area (Å²) in [5, 5.41) is 1.09. The van der Waals surface area contributed by atoms with Crippen LogP contribution < -0.4 is 0 Å².